The third kappa shape index (κ3) is 9.36. The monoisotopic (exact) mass is 677 g/mol. The van der Waals surface area contributed by atoms with Crippen molar-refractivity contribution in [1.82, 2.24) is 9.99 Å². The van der Waals surface area contributed by atoms with Gasteiger partial charge in [-0.05, 0) is 138 Å². The fourth-order valence-corrected chi connectivity index (χ4v) is 12.3. The van der Waals surface area contributed by atoms with Crippen molar-refractivity contribution in [2.45, 2.75) is 170 Å². The Bertz CT molecular complexity index is 1010. The first-order chi connectivity index (χ1) is 22.3. The maximum Gasteiger partial charge on any atom is 0.407 e. The van der Waals surface area contributed by atoms with Crippen LogP contribution in [0.3, 0.4) is 0 Å². The molecule has 272 valence electrons. The molecule has 1 unspecified atom stereocenters. The Balaban J connectivity index is 1.19. The van der Waals surface area contributed by atoms with Crippen LogP contribution in [-0.2, 0) is 13.8 Å². The number of carbonyl (C=O) groups is 1. The van der Waals surface area contributed by atoms with Crippen LogP contribution < -0.4 is 5.32 Å². The van der Waals surface area contributed by atoms with Crippen LogP contribution in [0.2, 0.25) is 0 Å². The molecule has 0 radical (unpaired) electrons. The Morgan fingerprint density at radius 1 is 0.936 bits per heavy atom. The van der Waals surface area contributed by atoms with Crippen molar-refractivity contribution in [2.24, 2.45) is 46.3 Å². The van der Waals surface area contributed by atoms with Crippen LogP contribution in [0.15, 0.2) is 11.6 Å². The number of nitrogens with zero attached hydrogens (tertiary/aromatic N) is 1. The number of hydrogen-bond donors (Lipinski definition) is 1. The van der Waals surface area contributed by atoms with Gasteiger partial charge in [-0.3, -0.25) is 0 Å². The molecule has 6 nitrogen and oxygen atoms in total. The molecule has 0 aromatic rings. The number of nitrogens with one attached hydrogen (secondary N) is 1. The summed E-state index contributed by atoms with van der Waals surface area (Å²) >= 11 is 0. The first kappa shape index (κ1) is 39.1. The van der Waals surface area contributed by atoms with E-state index in [1.165, 1.54) is 51.4 Å². The van der Waals surface area contributed by atoms with Crippen molar-refractivity contribution in [2.75, 3.05) is 20.3 Å². The molecule has 3 saturated carbocycles. The van der Waals surface area contributed by atoms with Gasteiger partial charge in [-0.1, -0.05) is 65.5 Å². The molecule has 0 aromatic heterocycles. The lowest BCUT2D eigenvalue weighted by Crippen LogP contribution is -2.51. The van der Waals surface area contributed by atoms with E-state index in [4.69, 9.17) is 13.8 Å². The lowest BCUT2D eigenvalue weighted by atomic mass is 9.47. The molecule has 0 aromatic carbocycles. The van der Waals surface area contributed by atoms with Gasteiger partial charge >= 0.3 is 6.09 Å². The summed E-state index contributed by atoms with van der Waals surface area (Å²) in [7, 11) is 0.701. The predicted molar refractivity (Wildman–Crippen MR) is 197 cm³/mol. The molecule has 1 amide bonds. The summed E-state index contributed by atoms with van der Waals surface area (Å²) in [5.41, 5.74) is 2.41. The van der Waals surface area contributed by atoms with E-state index >= 15 is 0 Å². The average molecular weight is 677 g/mol. The maximum atomic E-state index is 12.7. The predicted octanol–water partition coefficient (Wildman–Crippen LogP) is 11.3. The zero-order valence-corrected chi connectivity index (χ0v) is 33.0. The Morgan fingerprint density at radius 3 is 2.36 bits per heavy atom. The third-order valence-electron chi connectivity index (χ3n) is 13.2. The zero-order valence-electron chi connectivity index (χ0n) is 32.1. The van der Waals surface area contributed by atoms with Crippen LogP contribution in [0.25, 0.3) is 0 Å². The van der Waals surface area contributed by atoms with E-state index in [9.17, 15) is 4.79 Å². The Labute approximate surface area is 291 Å². The number of rotatable bonds is 17. The number of ether oxygens (including phenoxy) is 1. The highest BCUT2D eigenvalue weighted by Gasteiger charge is 2.59. The number of allylic oxidation sites excluding steroid dienone is 1. The number of fused-ring (bicyclic) bond motifs is 5. The summed E-state index contributed by atoms with van der Waals surface area (Å²) in [6.45, 7) is 22.6. The van der Waals surface area contributed by atoms with Crippen LogP contribution in [0, 0.1) is 46.3 Å². The Hall–Kier alpha value is -0.680. The summed E-state index contributed by atoms with van der Waals surface area (Å²) in [5, 5.41) is 3.03. The van der Waals surface area contributed by atoms with E-state index in [0.29, 0.717) is 30.7 Å². The number of hydrogen-bond acceptors (Lipinski definition) is 5. The Morgan fingerprint density at radius 2 is 1.68 bits per heavy atom. The number of carbonyl (C=O) groups excluding carboxylic acids is 1. The standard InChI is InChI=1S/C40H73N2O4P/c1-28(2)15-14-16-31(7)35-19-20-36-34-18-17-32-27-33(21-23-39(32,8)37(34)22-24-40(35,36)9)46-38(43)41-25-12-11-13-26-45-47(44-10)42(29(3)4)30(5)6/h17,28-31,33-37H,11-16,18-27H2,1-10H3,(H,41,43)/t31-,33+,34+,35-,36+,37+,39+,40-,47?/m1/s1. The van der Waals surface area contributed by atoms with Crippen LogP contribution in [0.1, 0.15) is 152 Å². The fraction of sp³-hybridized carbons (Fsp3) is 0.925. The van der Waals surface area contributed by atoms with Crippen LogP contribution in [-0.4, -0.2) is 49.2 Å². The third-order valence-corrected chi connectivity index (χ3v) is 15.2. The van der Waals surface area contributed by atoms with E-state index in [1.54, 1.807) is 12.7 Å². The van der Waals surface area contributed by atoms with Gasteiger partial charge in [0.25, 0.3) is 8.53 Å². The van der Waals surface area contributed by atoms with E-state index in [2.05, 4.69) is 78.4 Å². The summed E-state index contributed by atoms with van der Waals surface area (Å²) in [5.74, 6) is 5.12. The second-order valence-electron chi connectivity index (χ2n) is 17.4. The summed E-state index contributed by atoms with van der Waals surface area (Å²) < 4.78 is 20.1. The van der Waals surface area contributed by atoms with Gasteiger partial charge in [0, 0.05) is 32.2 Å². The van der Waals surface area contributed by atoms with Crippen molar-refractivity contribution < 1.29 is 18.6 Å². The molecule has 4 rings (SSSR count). The molecule has 47 heavy (non-hydrogen) atoms. The van der Waals surface area contributed by atoms with E-state index < -0.39 is 8.53 Å². The molecule has 0 aliphatic heterocycles. The zero-order chi connectivity index (χ0) is 34.4. The van der Waals surface area contributed by atoms with Crippen molar-refractivity contribution in [3.05, 3.63) is 11.6 Å². The number of amides is 1. The minimum Gasteiger partial charge on any atom is -0.446 e. The second kappa shape index (κ2) is 17.5. The highest BCUT2D eigenvalue weighted by Crippen LogP contribution is 2.67. The van der Waals surface area contributed by atoms with Crippen molar-refractivity contribution in [3.63, 3.8) is 0 Å². The first-order valence-corrected chi connectivity index (χ1v) is 20.8. The molecule has 3 fully saturated rings. The molecule has 0 saturated heterocycles. The van der Waals surface area contributed by atoms with Crippen LogP contribution in [0.4, 0.5) is 4.79 Å². The van der Waals surface area contributed by atoms with Gasteiger partial charge < -0.3 is 19.1 Å². The normalized spacial score (nSPS) is 33.4. The lowest BCUT2D eigenvalue weighted by Gasteiger charge is -2.58. The molecule has 4 aliphatic carbocycles. The fourth-order valence-electron chi connectivity index (χ4n) is 10.9. The second-order valence-corrected chi connectivity index (χ2v) is 18.9. The molecule has 1 N–H and O–H groups in total. The van der Waals surface area contributed by atoms with E-state index in [-0.39, 0.29) is 17.6 Å². The lowest BCUT2D eigenvalue weighted by molar-refractivity contribution is -0.0581. The molecule has 0 spiro atoms. The number of unbranched alkanes of at least 4 members (excludes halogenated alkanes) is 2. The Kier molecular flexibility index (Phi) is 14.6. The molecule has 0 bridgehead atoms. The first-order valence-electron chi connectivity index (χ1n) is 19.7. The van der Waals surface area contributed by atoms with Gasteiger partial charge in [0.2, 0.25) is 0 Å². The molecule has 9 atom stereocenters. The number of alkyl carbamates (subject to hydrolysis) is 1. The summed E-state index contributed by atoms with van der Waals surface area (Å²) in [4.78, 5) is 12.7. The van der Waals surface area contributed by atoms with Gasteiger partial charge in [-0.15, -0.1) is 0 Å². The van der Waals surface area contributed by atoms with Gasteiger partial charge in [0.05, 0.1) is 6.61 Å². The topological polar surface area (TPSA) is 60.0 Å². The minimum absolute atomic E-state index is 0.00818. The smallest absolute Gasteiger partial charge is 0.407 e. The van der Waals surface area contributed by atoms with Gasteiger partial charge in [0.1, 0.15) is 6.10 Å². The van der Waals surface area contributed by atoms with Crippen molar-refractivity contribution >= 4 is 14.6 Å². The largest absolute Gasteiger partial charge is 0.446 e. The highest BCUT2D eigenvalue weighted by atomic mass is 31.2. The molecular weight excluding hydrogens is 603 g/mol. The summed E-state index contributed by atoms with van der Waals surface area (Å²) in [6.07, 6.45) is 19.5. The van der Waals surface area contributed by atoms with E-state index in [1.807, 2.05) is 0 Å². The van der Waals surface area contributed by atoms with Gasteiger partial charge in [0.15, 0.2) is 0 Å². The quantitative estimate of drug-likeness (QED) is 0.0944. The minimum atomic E-state index is -1.03. The molecular formula is C40H73N2O4P. The molecule has 0 heterocycles. The van der Waals surface area contributed by atoms with E-state index in [0.717, 1.165) is 74.0 Å². The van der Waals surface area contributed by atoms with Crippen LogP contribution in [0.5, 0.6) is 0 Å². The van der Waals surface area contributed by atoms with Gasteiger partial charge in [-0.2, -0.15) is 0 Å². The van der Waals surface area contributed by atoms with Gasteiger partial charge in [-0.25, -0.2) is 9.46 Å². The highest BCUT2D eigenvalue weighted by molar-refractivity contribution is 7.44. The van der Waals surface area contributed by atoms with Crippen LogP contribution >= 0.6 is 8.53 Å². The van der Waals surface area contributed by atoms with Crippen molar-refractivity contribution in [1.29, 1.82) is 0 Å². The molecule has 4 aliphatic rings. The summed E-state index contributed by atoms with van der Waals surface area (Å²) in [6, 6.07) is 0.754. The average Bonchev–Trinajstić information content (AvgIpc) is 3.36. The molecule has 7 heteroatoms. The maximum absolute atomic E-state index is 12.7. The van der Waals surface area contributed by atoms with Crippen molar-refractivity contribution in [3.8, 4) is 0 Å². The SMILES string of the molecule is COP(OCCCCCNC(=O)O[C@H]1CC[C@@]2(C)C(=CC[C@H]3[C@@H]4CC[C@H]([C@H](C)CCCC(C)C)[C@@]4(C)CC[C@@H]32)C1)N(C(C)C)C(C)C.